The molecule has 1 saturated heterocycles. The third-order valence-electron chi connectivity index (χ3n) is 8.16. The zero-order valence-electron chi connectivity index (χ0n) is 28.0. The fourth-order valence-electron chi connectivity index (χ4n) is 5.75. The third-order valence-corrected chi connectivity index (χ3v) is 8.16. The lowest BCUT2D eigenvalue weighted by Crippen LogP contribution is -2.62. The van der Waals surface area contributed by atoms with Gasteiger partial charge in [-0.3, -0.25) is 4.79 Å². The number of hydrogen-bond donors (Lipinski definition) is 0. The summed E-state index contributed by atoms with van der Waals surface area (Å²) < 4.78 is 45.0. The molecule has 1 aliphatic heterocycles. The van der Waals surface area contributed by atoms with Gasteiger partial charge in [-0.2, -0.15) is 0 Å². The van der Waals surface area contributed by atoms with E-state index >= 15 is 0 Å². The molecule has 6 rings (SSSR count). The molecule has 0 amide bonds. The van der Waals surface area contributed by atoms with Gasteiger partial charge >= 0.3 is 5.97 Å². The maximum atomic E-state index is 11.7. The van der Waals surface area contributed by atoms with E-state index in [1.165, 1.54) is 6.92 Å². The van der Waals surface area contributed by atoms with Gasteiger partial charge in [0.1, 0.15) is 35.9 Å². The van der Waals surface area contributed by atoms with Crippen LogP contribution in [0, 0.1) is 0 Å². The molecule has 0 bridgehead atoms. The van der Waals surface area contributed by atoms with Crippen LogP contribution in [0.15, 0.2) is 146 Å². The van der Waals surface area contributed by atoms with Crippen molar-refractivity contribution in [3.63, 3.8) is 0 Å². The van der Waals surface area contributed by atoms with Crippen LogP contribution in [0.2, 0.25) is 0 Å². The predicted octanol–water partition coefficient (Wildman–Crippen LogP) is 7.69. The standard InChI is InChI=1S/C42H42O8/c1-31(43)48-36-23-14-24-37(25-36)49-42-41(47-29-35-21-12-5-13-22-35)40(46-28-34-19-10-4-11-20-34)39(45-27-33-17-8-3-9-18-33)38(50-42)30-44-26-32-15-6-2-7-16-32/h2-25,38-42H,26-30H2,1H3. The second kappa shape index (κ2) is 18.2. The van der Waals surface area contributed by atoms with Crippen molar-refractivity contribution in [1.29, 1.82) is 0 Å². The lowest BCUT2D eigenvalue weighted by atomic mass is 9.97. The van der Waals surface area contributed by atoms with E-state index in [2.05, 4.69) is 0 Å². The molecule has 8 nitrogen and oxygen atoms in total. The molecule has 5 unspecified atom stereocenters. The van der Waals surface area contributed by atoms with Crippen molar-refractivity contribution in [2.75, 3.05) is 6.61 Å². The Labute approximate surface area is 293 Å². The van der Waals surface area contributed by atoms with Gasteiger partial charge in [-0.15, -0.1) is 0 Å². The Morgan fingerprint density at radius 3 is 1.52 bits per heavy atom. The van der Waals surface area contributed by atoms with Crippen LogP contribution in [-0.4, -0.2) is 43.3 Å². The molecular formula is C42H42O8. The van der Waals surface area contributed by atoms with Crippen molar-refractivity contribution >= 4 is 5.97 Å². The molecule has 0 radical (unpaired) electrons. The highest BCUT2D eigenvalue weighted by atomic mass is 16.7. The minimum atomic E-state index is -0.936. The maximum absolute atomic E-state index is 11.7. The Balaban J connectivity index is 1.33. The summed E-state index contributed by atoms with van der Waals surface area (Å²) in [6.07, 6.45) is -3.50. The highest BCUT2D eigenvalue weighted by Crippen LogP contribution is 2.33. The smallest absolute Gasteiger partial charge is 0.308 e. The van der Waals surface area contributed by atoms with Gasteiger partial charge in [0.15, 0.2) is 0 Å². The van der Waals surface area contributed by atoms with Gasteiger partial charge in [0.2, 0.25) is 6.29 Å². The molecular weight excluding hydrogens is 632 g/mol. The molecule has 8 heteroatoms. The Bertz CT molecular complexity index is 1720. The SMILES string of the molecule is CC(=O)Oc1cccc(OC2OC(COCc3ccccc3)C(OCc3ccccc3)C(OCc3ccccc3)C2OCc2ccccc2)c1. The fraction of sp³-hybridized carbons (Fsp3) is 0.262. The zero-order chi connectivity index (χ0) is 34.4. The number of esters is 1. The first-order chi connectivity index (χ1) is 24.6. The molecule has 1 aliphatic rings. The Hall–Kier alpha value is -4.83. The lowest BCUT2D eigenvalue weighted by molar-refractivity contribution is -0.310. The highest BCUT2D eigenvalue weighted by molar-refractivity contribution is 5.69. The molecule has 0 aromatic heterocycles. The summed E-state index contributed by atoms with van der Waals surface area (Å²) in [7, 11) is 0. The van der Waals surface area contributed by atoms with Crippen LogP contribution in [0.25, 0.3) is 0 Å². The van der Waals surface area contributed by atoms with Crippen LogP contribution in [-0.2, 0) is 54.9 Å². The number of hydrogen-bond acceptors (Lipinski definition) is 8. The van der Waals surface area contributed by atoms with Gasteiger partial charge in [0.05, 0.1) is 33.0 Å². The molecule has 0 aliphatic carbocycles. The van der Waals surface area contributed by atoms with Gasteiger partial charge in [-0.25, -0.2) is 0 Å². The number of rotatable bonds is 16. The molecule has 5 atom stereocenters. The van der Waals surface area contributed by atoms with E-state index in [9.17, 15) is 4.79 Å². The topological polar surface area (TPSA) is 81.7 Å². The van der Waals surface area contributed by atoms with Crippen molar-refractivity contribution in [3.05, 3.63) is 168 Å². The second-order valence-corrected chi connectivity index (χ2v) is 12.0. The average molecular weight is 675 g/mol. The van der Waals surface area contributed by atoms with Gasteiger partial charge in [0.25, 0.3) is 0 Å². The molecule has 50 heavy (non-hydrogen) atoms. The van der Waals surface area contributed by atoms with Gasteiger partial charge in [-0.05, 0) is 34.4 Å². The summed E-state index contributed by atoms with van der Waals surface area (Å²) in [6, 6.07) is 46.8. The Kier molecular flexibility index (Phi) is 12.8. The minimum Gasteiger partial charge on any atom is -0.462 e. The van der Waals surface area contributed by atoms with Crippen molar-refractivity contribution < 1.29 is 38.0 Å². The quantitative estimate of drug-likeness (QED) is 0.0779. The van der Waals surface area contributed by atoms with Crippen LogP contribution < -0.4 is 9.47 Å². The van der Waals surface area contributed by atoms with Crippen LogP contribution in [0.5, 0.6) is 11.5 Å². The van der Waals surface area contributed by atoms with E-state index in [4.69, 9.17) is 33.2 Å². The predicted molar refractivity (Wildman–Crippen MR) is 188 cm³/mol. The normalized spacial score (nSPS) is 20.2. The molecule has 1 heterocycles. The van der Waals surface area contributed by atoms with Crippen molar-refractivity contribution in [1.82, 2.24) is 0 Å². The average Bonchev–Trinajstić information content (AvgIpc) is 3.14. The van der Waals surface area contributed by atoms with Gasteiger partial charge < -0.3 is 33.2 Å². The molecule has 258 valence electrons. The minimum absolute atomic E-state index is 0.207. The molecule has 0 N–H and O–H groups in total. The van der Waals surface area contributed by atoms with Crippen LogP contribution in [0.1, 0.15) is 29.2 Å². The molecule has 5 aromatic carbocycles. The van der Waals surface area contributed by atoms with E-state index in [-0.39, 0.29) is 13.2 Å². The largest absolute Gasteiger partial charge is 0.462 e. The molecule has 0 spiro atoms. The summed E-state index contributed by atoms with van der Waals surface area (Å²) in [5.74, 6) is 0.372. The zero-order valence-corrected chi connectivity index (χ0v) is 28.0. The van der Waals surface area contributed by atoms with Crippen LogP contribution >= 0.6 is 0 Å². The summed E-state index contributed by atoms with van der Waals surface area (Å²) in [6.45, 7) is 2.89. The van der Waals surface area contributed by atoms with Gasteiger partial charge in [-0.1, -0.05) is 127 Å². The van der Waals surface area contributed by atoms with Crippen molar-refractivity contribution in [2.24, 2.45) is 0 Å². The monoisotopic (exact) mass is 674 g/mol. The number of ether oxygens (including phenoxy) is 7. The molecule has 1 fully saturated rings. The fourth-order valence-corrected chi connectivity index (χ4v) is 5.75. The summed E-state index contributed by atoms with van der Waals surface area (Å²) in [5, 5.41) is 0. The number of carbonyl (C=O) groups is 1. The van der Waals surface area contributed by atoms with Crippen molar-refractivity contribution in [3.8, 4) is 11.5 Å². The molecule has 5 aromatic rings. The van der Waals surface area contributed by atoms with Crippen LogP contribution in [0.4, 0.5) is 0 Å². The first kappa shape index (κ1) is 35.0. The third kappa shape index (κ3) is 10.3. The van der Waals surface area contributed by atoms with E-state index in [1.807, 2.05) is 121 Å². The summed E-state index contributed by atoms with van der Waals surface area (Å²) >= 11 is 0. The van der Waals surface area contributed by atoms with Crippen molar-refractivity contribution in [2.45, 2.75) is 64.1 Å². The van der Waals surface area contributed by atoms with E-state index in [0.717, 1.165) is 22.3 Å². The Morgan fingerprint density at radius 2 is 1.00 bits per heavy atom. The van der Waals surface area contributed by atoms with Crippen LogP contribution in [0.3, 0.4) is 0 Å². The molecule has 0 saturated carbocycles. The first-order valence-corrected chi connectivity index (χ1v) is 16.8. The van der Waals surface area contributed by atoms with Gasteiger partial charge in [0, 0.05) is 13.0 Å². The number of carbonyl (C=O) groups excluding carboxylic acids is 1. The van der Waals surface area contributed by atoms with E-state index in [1.54, 1.807) is 24.3 Å². The first-order valence-electron chi connectivity index (χ1n) is 16.8. The highest BCUT2D eigenvalue weighted by Gasteiger charge is 2.49. The second-order valence-electron chi connectivity index (χ2n) is 12.0. The Morgan fingerprint density at radius 1 is 0.540 bits per heavy atom. The van der Waals surface area contributed by atoms with E-state index < -0.39 is 36.7 Å². The summed E-state index contributed by atoms with van der Waals surface area (Å²) in [5.41, 5.74) is 4.05. The van der Waals surface area contributed by atoms with E-state index in [0.29, 0.717) is 31.3 Å². The lowest BCUT2D eigenvalue weighted by Gasteiger charge is -2.45. The maximum Gasteiger partial charge on any atom is 0.308 e. The number of benzene rings is 5. The summed E-state index contributed by atoms with van der Waals surface area (Å²) in [4.78, 5) is 11.7.